The lowest BCUT2D eigenvalue weighted by Crippen LogP contribution is -2.40. The van der Waals surface area contributed by atoms with Gasteiger partial charge in [0, 0.05) is 12.0 Å². The minimum atomic E-state index is -0.117. The van der Waals surface area contributed by atoms with E-state index in [1.54, 1.807) is 12.1 Å². The van der Waals surface area contributed by atoms with Crippen molar-refractivity contribution >= 4 is 11.6 Å². The molecule has 1 amide bonds. The summed E-state index contributed by atoms with van der Waals surface area (Å²) in [6.45, 7) is 4.99. The third-order valence-corrected chi connectivity index (χ3v) is 5.95. The molecule has 6 heteroatoms. The topological polar surface area (TPSA) is 54.4 Å². The Morgan fingerprint density at radius 2 is 1.84 bits per heavy atom. The number of amides is 1. The Morgan fingerprint density at radius 3 is 2.55 bits per heavy atom. The predicted molar refractivity (Wildman–Crippen MR) is 122 cm³/mol. The molecule has 2 aliphatic heterocycles. The van der Waals surface area contributed by atoms with Gasteiger partial charge in [0.15, 0.2) is 0 Å². The Hall–Kier alpha value is -2.86. The number of hydrogen-bond acceptors (Lipinski definition) is 5. The normalized spacial score (nSPS) is 19.2. The summed E-state index contributed by atoms with van der Waals surface area (Å²) in [6, 6.07) is 15.8. The van der Waals surface area contributed by atoms with Crippen molar-refractivity contribution in [1.82, 2.24) is 9.91 Å². The Kier molecular flexibility index (Phi) is 6.87. The molecule has 1 atom stereocenters. The Morgan fingerprint density at radius 1 is 1.06 bits per heavy atom. The van der Waals surface area contributed by atoms with E-state index < -0.39 is 0 Å². The van der Waals surface area contributed by atoms with Crippen LogP contribution >= 0.6 is 0 Å². The van der Waals surface area contributed by atoms with E-state index in [-0.39, 0.29) is 11.9 Å². The summed E-state index contributed by atoms with van der Waals surface area (Å²) in [7, 11) is 1.66. The number of likely N-dealkylation sites (tertiary alicyclic amines) is 1. The summed E-state index contributed by atoms with van der Waals surface area (Å²) in [5.41, 5.74) is 2.96. The second-order valence-corrected chi connectivity index (χ2v) is 8.08. The fourth-order valence-electron chi connectivity index (χ4n) is 4.31. The molecule has 0 radical (unpaired) electrons. The first-order valence-corrected chi connectivity index (χ1v) is 11.2. The minimum Gasteiger partial charge on any atom is -0.497 e. The van der Waals surface area contributed by atoms with Crippen LogP contribution < -0.4 is 9.47 Å². The van der Waals surface area contributed by atoms with Gasteiger partial charge in [-0.05, 0) is 62.7 Å². The summed E-state index contributed by atoms with van der Waals surface area (Å²) in [6.07, 6.45) is 4.25. The molecular formula is C25H31N3O3. The highest BCUT2D eigenvalue weighted by molar-refractivity contribution is 6.03. The van der Waals surface area contributed by atoms with E-state index in [1.807, 2.05) is 55.5 Å². The lowest BCUT2D eigenvalue weighted by Gasteiger charge is -2.29. The van der Waals surface area contributed by atoms with Crippen molar-refractivity contribution in [2.45, 2.75) is 38.6 Å². The van der Waals surface area contributed by atoms with Gasteiger partial charge < -0.3 is 9.47 Å². The van der Waals surface area contributed by atoms with Gasteiger partial charge in [0.2, 0.25) is 0 Å². The van der Waals surface area contributed by atoms with Crippen LogP contribution in [0.1, 0.15) is 49.8 Å². The number of methoxy groups -OCH3 is 1. The largest absolute Gasteiger partial charge is 0.497 e. The molecular weight excluding hydrogens is 390 g/mol. The highest BCUT2D eigenvalue weighted by atomic mass is 16.5. The molecule has 6 nitrogen and oxygen atoms in total. The number of rotatable bonds is 7. The molecule has 2 heterocycles. The lowest BCUT2D eigenvalue weighted by molar-refractivity contribution is -0.134. The van der Waals surface area contributed by atoms with Crippen molar-refractivity contribution in [2.24, 2.45) is 5.10 Å². The van der Waals surface area contributed by atoms with Gasteiger partial charge in [0.05, 0.1) is 32.0 Å². The van der Waals surface area contributed by atoms with Crippen LogP contribution in [0.4, 0.5) is 0 Å². The van der Waals surface area contributed by atoms with Gasteiger partial charge in [-0.2, -0.15) is 5.10 Å². The van der Waals surface area contributed by atoms with Gasteiger partial charge in [-0.15, -0.1) is 0 Å². The van der Waals surface area contributed by atoms with Gasteiger partial charge in [-0.25, -0.2) is 5.01 Å². The summed E-state index contributed by atoms with van der Waals surface area (Å²) >= 11 is 0. The smallest absolute Gasteiger partial charge is 0.257 e. The lowest BCUT2D eigenvalue weighted by atomic mass is 9.98. The van der Waals surface area contributed by atoms with Crippen LogP contribution in [0.25, 0.3) is 0 Å². The first-order valence-electron chi connectivity index (χ1n) is 11.2. The average Bonchev–Trinajstić information content (AvgIpc) is 3.26. The molecule has 1 saturated heterocycles. The molecule has 2 aliphatic rings. The third-order valence-electron chi connectivity index (χ3n) is 5.95. The van der Waals surface area contributed by atoms with Crippen LogP contribution in [0.3, 0.4) is 0 Å². The average molecular weight is 422 g/mol. The van der Waals surface area contributed by atoms with E-state index in [4.69, 9.17) is 14.6 Å². The van der Waals surface area contributed by atoms with Crippen molar-refractivity contribution in [2.75, 3.05) is 33.4 Å². The van der Waals surface area contributed by atoms with Crippen molar-refractivity contribution in [3.8, 4) is 11.5 Å². The SMILES string of the molecule is CCOc1ccc(C2CC(c3cccc(OC)c3)=NN2C(=O)CN2CCCCC2)cc1. The van der Waals surface area contributed by atoms with Gasteiger partial charge in [-0.1, -0.05) is 30.7 Å². The number of piperidine rings is 1. The highest BCUT2D eigenvalue weighted by Crippen LogP contribution is 2.34. The molecule has 1 fully saturated rings. The minimum absolute atomic E-state index is 0.0543. The maximum absolute atomic E-state index is 13.3. The van der Waals surface area contributed by atoms with Crippen LogP contribution in [0.15, 0.2) is 53.6 Å². The molecule has 0 aromatic heterocycles. The molecule has 2 aromatic rings. The predicted octanol–water partition coefficient (Wildman–Crippen LogP) is 4.26. The fraction of sp³-hybridized carbons (Fsp3) is 0.440. The number of ether oxygens (including phenoxy) is 2. The zero-order valence-electron chi connectivity index (χ0n) is 18.4. The number of hydrazone groups is 1. The van der Waals surface area contributed by atoms with Crippen molar-refractivity contribution in [3.05, 3.63) is 59.7 Å². The maximum Gasteiger partial charge on any atom is 0.257 e. The molecule has 0 spiro atoms. The van der Waals surface area contributed by atoms with E-state index in [0.29, 0.717) is 19.6 Å². The second-order valence-electron chi connectivity index (χ2n) is 8.08. The third kappa shape index (κ3) is 5.07. The van der Waals surface area contributed by atoms with E-state index in [9.17, 15) is 4.79 Å². The zero-order chi connectivity index (χ0) is 21.6. The molecule has 31 heavy (non-hydrogen) atoms. The van der Waals surface area contributed by atoms with Gasteiger partial charge in [0.1, 0.15) is 11.5 Å². The quantitative estimate of drug-likeness (QED) is 0.670. The van der Waals surface area contributed by atoms with Crippen molar-refractivity contribution < 1.29 is 14.3 Å². The molecule has 0 bridgehead atoms. The molecule has 0 aliphatic carbocycles. The number of carbonyl (C=O) groups is 1. The monoisotopic (exact) mass is 421 g/mol. The Bertz CT molecular complexity index is 920. The first-order chi connectivity index (χ1) is 15.2. The van der Waals surface area contributed by atoms with Crippen molar-refractivity contribution in [1.29, 1.82) is 0 Å². The second kappa shape index (κ2) is 9.96. The molecule has 0 saturated carbocycles. The fourth-order valence-corrected chi connectivity index (χ4v) is 4.31. The summed E-state index contributed by atoms with van der Waals surface area (Å²) in [5.74, 6) is 1.68. The highest BCUT2D eigenvalue weighted by Gasteiger charge is 2.34. The molecule has 164 valence electrons. The molecule has 2 aromatic carbocycles. The molecule has 1 unspecified atom stereocenters. The summed E-state index contributed by atoms with van der Waals surface area (Å²) in [5, 5.41) is 6.50. The van der Waals surface area contributed by atoms with Crippen LogP contribution in [-0.4, -0.2) is 54.9 Å². The Balaban J connectivity index is 1.59. The summed E-state index contributed by atoms with van der Waals surface area (Å²) < 4.78 is 11.0. The van der Waals surface area contributed by atoms with Gasteiger partial charge in [-0.3, -0.25) is 9.69 Å². The van der Waals surface area contributed by atoms with Crippen LogP contribution in [-0.2, 0) is 4.79 Å². The maximum atomic E-state index is 13.3. The van der Waals surface area contributed by atoms with Crippen LogP contribution in [0.5, 0.6) is 11.5 Å². The first kappa shape index (κ1) is 21.4. The van der Waals surface area contributed by atoms with Crippen LogP contribution in [0, 0.1) is 0 Å². The Labute approximate surface area is 184 Å². The number of benzene rings is 2. The standard InChI is InChI=1S/C25H31N3O3/c1-3-31-21-12-10-19(11-13-21)24-17-23(20-8-7-9-22(16-20)30-2)26-28(24)25(29)18-27-14-5-4-6-15-27/h7-13,16,24H,3-6,14-15,17-18H2,1-2H3. The number of nitrogens with zero attached hydrogens (tertiary/aromatic N) is 3. The molecule has 0 N–H and O–H groups in total. The zero-order valence-corrected chi connectivity index (χ0v) is 18.4. The van der Waals surface area contributed by atoms with E-state index in [1.165, 1.54) is 6.42 Å². The van der Waals surface area contributed by atoms with Gasteiger partial charge >= 0.3 is 0 Å². The number of carbonyl (C=O) groups excluding carboxylic acids is 1. The van der Waals surface area contributed by atoms with E-state index >= 15 is 0 Å². The van der Waals surface area contributed by atoms with E-state index in [2.05, 4.69) is 4.90 Å². The van der Waals surface area contributed by atoms with Gasteiger partial charge in [0.25, 0.3) is 5.91 Å². The number of hydrogen-bond donors (Lipinski definition) is 0. The van der Waals surface area contributed by atoms with Crippen LogP contribution in [0.2, 0.25) is 0 Å². The molecule has 4 rings (SSSR count). The van der Waals surface area contributed by atoms with Crippen molar-refractivity contribution in [3.63, 3.8) is 0 Å². The van der Waals surface area contributed by atoms with E-state index in [0.717, 1.165) is 54.3 Å². The summed E-state index contributed by atoms with van der Waals surface area (Å²) in [4.78, 5) is 15.5.